The number of nitro groups is 1. The first kappa shape index (κ1) is 34.8. The Balaban J connectivity index is 1.40. The first-order valence-corrected chi connectivity index (χ1v) is 15.3. The molecule has 256 valence electrons. The van der Waals surface area contributed by atoms with Crippen LogP contribution in [0.25, 0.3) is 16.6 Å². The quantitative estimate of drug-likeness (QED) is 0.126. The van der Waals surface area contributed by atoms with Crippen molar-refractivity contribution < 1.29 is 47.3 Å². The van der Waals surface area contributed by atoms with Crippen molar-refractivity contribution in [2.75, 3.05) is 33.9 Å². The van der Waals surface area contributed by atoms with Crippen LogP contribution >= 0.6 is 11.6 Å². The van der Waals surface area contributed by atoms with Gasteiger partial charge in [-0.05, 0) is 67.3 Å². The molecule has 1 aromatic heterocycles. The van der Waals surface area contributed by atoms with Gasteiger partial charge in [0.05, 0.1) is 24.7 Å². The smallest absolute Gasteiger partial charge is 0.422 e. The highest BCUT2D eigenvalue weighted by molar-refractivity contribution is 6.30. The number of benzene rings is 3. The molecule has 11 nitrogen and oxygen atoms in total. The van der Waals surface area contributed by atoms with Gasteiger partial charge in [0.25, 0.3) is 5.69 Å². The highest BCUT2D eigenvalue weighted by atomic mass is 35.5. The number of hydrogen-bond acceptors (Lipinski definition) is 8. The van der Waals surface area contributed by atoms with Gasteiger partial charge in [0.1, 0.15) is 6.10 Å². The fourth-order valence-corrected chi connectivity index (χ4v) is 6.05. The van der Waals surface area contributed by atoms with Crippen molar-refractivity contribution in [3.05, 3.63) is 87.1 Å². The number of nitro benzene ring substituents is 1. The van der Waals surface area contributed by atoms with Crippen LogP contribution in [0, 0.1) is 10.1 Å². The number of hydrogen-bond donors (Lipinski definition) is 2. The van der Waals surface area contributed by atoms with Crippen molar-refractivity contribution >= 4 is 34.2 Å². The van der Waals surface area contributed by atoms with Gasteiger partial charge in [0.2, 0.25) is 11.4 Å². The van der Waals surface area contributed by atoms with E-state index in [1.165, 1.54) is 42.0 Å². The summed E-state index contributed by atoms with van der Waals surface area (Å²) in [6, 6.07) is 13.0. The number of carboxylic acids is 1. The van der Waals surface area contributed by atoms with Gasteiger partial charge in [-0.3, -0.25) is 19.8 Å². The van der Waals surface area contributed by atoms with Gasteiger partial charge < -0.3 is 29.0 Å². The number of piperidine rings is 1. The zero-order chi connectivity index (χ0) is 34.8. The van der Waals surface area contributed by atoms with Crippen LogP contribution in [0.2, 0.25) is 5.02 Å². The molecule has 4 aromatic rings. The van der Waals surface area contributed by atoms with Crippen LogP contribution in [0.5, 0.6) is 17.2 Å². The summed E-state index contributed by atoms with van der Waals surface area (Å²) in [5, 5.41) is 32.5. The number of carbonyl (C=O) groups is 1. The summed E-state index contributed by atoms with van der Waals surface area (Å²) < 4.78 is 63.3. The first-order chi connectivity index (χ1) is 22.7. The van der Waals surface area contributed by atoms with Crippen LogP contribution in [0.3, 0.4) is 0 Å². The summed E-state index contributed by atoms with van der Waals surface area (Å²) in [5.41, 5.74) is -2.89. The molecule has 0 aliphatic carbocycles. The molecule has 0 spiro atoms. The summed E-state index contributed by atoms with van der Waals surface area (Å²) in [7, 11) is 2.87. The van der Waals surface area contributed by atoms with Crippen LogP contribution in [0.1, 0.15) is 30.4 Å². The van der Waals surface area contributed by atoms with E-state index in [4.69, 9.17) is 30.9 Å². The number of carboxylic acid groups (broad SMARTS) is 1. The SMILES string of the molecule is COc1cc(CCC(=O)O)cc(OC)c1OC1CCN(CC(O)(c2cn(-c3ccc(Cl)cc3)c3cc([N+](=O)[O-])ccc23)C(F)(F)F)CC1. The van der Waals surface area contributed by atoms with Crippen molar-refractivity contribution in [3.63, 3.8) is 0 Å². The lowest BCUT2D eigenvalue weighted by Crippen LogP contribution is -2.53. The zero-order valence-electron chi connectivity index (χ0n) is 26.0. The molecule has 0 saturated carbocycles. The second-order valence-electron chi connectivity index (χ2n) is 11.5. The Morgan fingerprint density at radius 1 is 1.04 bits per heavy atom. The van der Waals surface area contributed by atoms with E-state index >= 15 is 0 Å². The molecule has 0 radical (unpaired) electrons. The van der Waals surface area contributed by atoms with Gasteiger partial charge >= 0.3 is 12.1 Å². The number of likely N-dealkylation sites (tertiary alicyclic amines) is 1. The van der Waals surface area contributed by atoms with Crippen LogP contribution < -0.4 is 14.2 Å². The molecule has 48 heavy (non-hydrogen) atoms. The van der Waals surface area contributed by atoms with Crippen LogP contribution in [-0.4, -0.2) is 76.7 Å². The molecule has 1 unspecified atom stereocenters. The minimum absolute atomic E-state index is 0.0135. The highest BCUT2D eigenvalue weighted by Gasteiger charge is 2.57. The van der Waals surface area contributed by atoms with E-state index in [1.807, 2.05) is 0 Å². The van der Waals surface area contributed by atoms with Gasteiger partial charge in [-0.2, -0.15) is 13.2 Å². The minimum atomic E-state index is -5.11. The Kier molecular flexibility index (Phi) is 10.1. The molecule has 0 bridgehead atoms. The summed E-state index contributed by atoms with van der Waals surface area (Å²) in [6.45, 7) is -0.470. The maximum absolute atomic E-state index is 14.9. The fourth-order valence-electron chi connectivity index (χ4n) is 5.92. The molecule has 15 heteroatoms. The average Bonchev–Trinajstić information content (AvgIpc) is 3.44. The Morgan fingerprint density at radius 3 is 2.21 bits per heavy atom. The molecule has 2 heterocycles. The van der Waals surface area contributed by atoms with Gasteiger partial charge in [-0.15, -0.1) is 0 Å². The van der Waals surface area contributed by atoms with E-state index in [-0.39, 0.29) is 42.5 Å². The van der Waals surface area contributed by atoms with Gasteiger partial charge in [0, 0.05) is 66.0 Å². The number of β-amino-alcohol motifs (C(OH)–C–C–N with tert-alkyl or cyclic N) is 1. The largest absolute Gasteiger partial charge is 0.493 e. The number of halogens is 4. The second-order valence-corrected chi connectivity index (χ2v) is 12.0. The topological polar surface area (TPSA) is 137 Å². The highest BCUT2D eigenvalue weighted by Crippen LogP contribution is 2.45. The number of aliphatic hydroxyl groups is 1. The van der Waals surface area contributed by atoms with E-state index in [2.05, 4.69) is 0 Å². The Bertz CT molecular complexity index is 1780. The number of nitrogens with zero attached hydrogens (tertiary/aromatic N) is 3. The Labute approximate surface area is 278 Å². The minimum Gasteiger partial charge on any atom is -0.493 e. The van der Waals surface area contributed by atoms with E-state index in [0.29, 0.717) is 46.4 Å². The third kappa shape index (κ3) is 7.15. The molecule has 1 atom stereocenters. The Hall–Kier alpha value is -4.53. The fraction of sp³-hybridized carbons (Fsp3) is 0.364. The number of alkyl halides is 3. The maximum atomic E-state index is 14.9. The third-order valence-electron chi connectivity index (χ3n) is 8.44. The lowest BCUT2D eigenvalue weighted by Gasteiger charge is -2.39. The number of rotatable bonds is 12. The zero-order valence-corrected chi connectivity index (χ0v) is 26.8. The van der Waals surface area contributed by atoms with Gasteiger partial charge in [-0.25, -0.2) is 0 Å². The summed E-state index contributed by atoms with van der Waals surface area (Å²) in [5.74, 6) is 0.0176. The van der Waals surface area contributed by atoms with Crippen LogP contribution in [-0.2, 0) is 16.8 Å². The van der Waals surface area contributed by atoms with E-state index < -0.39 is 40.9 Å². The number of aryl methyl sites for hydroxylation is 1. The van der Waals surface area contributed by atoms with E-state index in [1.54, 1.807) is 36.4 Å². The monoisotopic (exact) mass is 691 g/mol. The second kappa shape index (κ2) is 13.9. The van der Waals surface area contributed by atoms with Gasteiger partial charge in [-0.1, -0.05) is 11.6 Å². The molecule has 0 amide bonds. The number of methoxy groups -OCH3 is 2. The number of aliphatic carboxylic acids is 1. The molecule has 1 aliphatic heterocycles. The Morgan fingerprint density at radius 2 is 1.67 bits per heavy atom. The number of fused-ring (bicyclic) bond motifs is 1. The summed E-state index contributed by atoms with van der Waals surface area (Å²) in [6.07, 6.45) is -3.56. The summed E-state index contributed by atoms with van der Waals surface area (Å²) >= 11 is 6.01. The number of non-ortho nitro benzene ring substituents is 1. The molecule has 1 aliphatic rings. The average molecular weight is 692 g/mol. The normalized spacial score (nSPS) is 15.6. The molecule has 5 rings (SSSR count). The van der Waals surface area contributed by atoms with Crippen molar-refractivity contribution in [1.82, 2.24) is 9.47 Å². The standard InChI is InChI=1S/C33H33ClF3N3O8/c1-46-28-15-20(3-10-30(41)42)16-29(47-2)31(28)48-24-11-13-38(14-12-24)19-32(43,33(35,36)37)26-18-39(22-6-4-21(34)5-7-22)27-17-23(40(44)45)8-9-25(26)27/h4-9,15-18,24,43H,3,10-14,19H2,1-2H3,(H,41,42). The summed E-state index contributed by atoms with van der Waals surface area (Å²) in [4.78, 5) is 23.4. The van der Waals surface area contributed by atoms with E-state index in [0.717, 1.165) is 6.07 Å². The molecule has 1 saturated heterocycles. The maximum Gasteiger partial charge on any atom is 0.422 e. The molecular weight excluding hydrogens is 659 g/mol. The lowest BCUT2D eigenvalue weighted by atomic mass is 9.91. The molecule has 3 aromatic carbocycles. The van der Waals surface area contributed by atoms with Crippen molar-refractivity contribution in [1.29, 1.82) is 0 Å². The molecular formula is C33H33ClF3N3O8. The number of ether oxygens (including phenoxy) is 3. The van der Waals surface area contributed by atoms with Crippen molar-refractivity contribution in [2.45, 2.75) is 43.6 Å². The molecule has 2 N–H and O–H groups in total. The van der Waals surface area contributed by atoms with Crippen LogP contribution in [0.15, 0.2) is 60.8 Å². The molecule has 1 fully saturated rings. The number of aromatic nitrogens is 1. The predicted octanol–water partition coefficient (Wildman–Crippen LogP) is 6.52. The lowest BCUT2D eigenvalue weighted by molar-refractivity contribution is -0.384. The van der Waals surface area contributed by atoms with Crippen molar-refractivity contribution in [2.24, 2.45) is 0 Å². The van der Waals surface area contributed by atoms with Gasteiger partial charge in [0.15, 0.2) is 11.5 Å². The third-order valence-corrected chi connectivity index (χ3v) is 8.69. The van der Waals surface area contributed by atoms with Crippen molar-refractivity contribution in [3.8, 4) is 22.9 Å². The van der Waals surface area contributed by atoms with E-state index in [9.17, 15) is 33.2 Å². The predicted molar refractivity (Wildman–Crippen MR) is 170 cm³/mol. The van der Waals surface area contributed by atoms with Crippen LogP contribution in [0.4, 0.5) is 18.9 Å². The first-order valence-electron chi connectivity index (χ1n) is 14.9.